The molecule has 1 N–H and O–H groups in total. The Morgan fingerprint density at radius 2 is 1.95 bits per heavy atom. The van der Waals surface area contributed by atoms with Crippen molar-refractivity contribution in [1.29, 1.82) is 0 Å². The molecule has 20 heavy (non-hydrogen) atoms. The first-order chi connectivity index (χ1) is 9.50. The lowest BCUT2D eigenvalue weighted by molar-refractivity contribution is -0.154. The third kappa shape index (κ3) is 3.10. The standard InChI is InChI=1S/C15H21NO4/c1-4-10-16(11-17)15(3,14(18)19)12-6-8-13(9-7-12)20-5-2/h6-9,11H,4-5,10H2,1-3H3,(H,18,19). The van der Waals surface area contributed by atoms with Gasteiger partial charge in [0.2, 0.25) is 6.41 Å². The van der Waals surface area contributed by atoms with Crippen LogP contribution >= 0.6 is 0 Å². The van der Waals surface area contributed by atoms with E-state index in [9.17, 15) is 14.7 Å². The maximum atomic E-state index is 11.7. The minimum absolute atomic E-state index is 0.388. The van der Waals surface area contributed by atoms with Gasteiger partial charge in [0, 0.05) is 6.54 Å². The van der Waals surface area contributed by atoms with E-state index in [2.05, 4.69) is 0 Å². The van der Waals surface area contributed by atoms with Gasteiger partial charge in [-0.25, -0.2) is 4.79 Å². The normalized spacial score (nSPS) is 13.3. The maximum absolute atomic E-state index is 11.7. The number of nitrogens with zero attached hydrogens (tertiary/aromatic N) is 1. The summed E-state index contributed by atoms with van der Waals surface area (Å²) < 4.78 is 5.34. The molecule has 0 radical (unpaired) electrons. The molecule has 110 valence electrons. The fraction of sp³-hybridized carbons (Fsp3) is 0.467. The first-order valence-corrected chi connectivity index (χ1v) is 6.69. The Kier molecular flexibility index (Phi) is 5.55. The first kappa shape index (κ1) is 16.0. The molecule has 0 aromatic heterocycles. The summed E-state index contributed by atoms with van der Waals surface area (Å²) in [5.74, 6) is -0.376. The molecule has 1 amide bonds. The number of hydrogen-bond donors (Lipinski definition) is 1. The Morgan fingerprint density at radius 1 is 1.35 bits per heavy atom. The van der Waals surface area contributed by atoms with Crippen LogP contribution in [0.1, 0.15) is 32.8 Å². The molecule has 5 nitrogen and oxygen atoms in total. The predicted molar refractivity (Wildman–Crippen MR) is 75.7 cm³/mol. The average Bonchev–Trinajstić information content (AvgIpc) is 2.45. The summed E-state index contributed by atoms with van der Waals surface area (Å²) in [7, 11) is 0. The van der Waals surface area contributed by atoms with Gasteiger partial charge in [0.25, 0.3) is 0 Å². The van der Waals surface area contributed by atoms with E-state index in [1.165, 1.54) is 11.8 Å². The van der Waals surface area contributed by atoms with E-state index in [1.54, 1.807) is 24.3 Å². The molecule has 1 atom stereocenters. The van der Waals surface area contributed by atoms with Gasteiger partial charge in [0.15, 0.2) is 5.54 Å². The molecule has 0 bridgehead atoms. The molecule has 0 spiro atoms. The fourth-order valence-electron chi connectivity index (χ4n) is 2.08. The molecule has 0 aliphatic heterocycles. The van der Waals surface area contributed by atoms with Crippen LogP contribution in [0.15, 0.2) is 24.3 Å². The van der Waals surface area contributed by atoms with Crippen molar-refractivity contribution >= 4 is 12.4 Å². The van der Waals surface area contributed by atoms with E-state index < -0.39 is 11.5 Å². The number of carbonyl (C=O) groups is 2. The Labute approximate surface area is 119 Å². The fourth-order valence-corrected chi connectivity index (χ4v) is 2.08. The minimum atomic E-state index is -1.37. The number of carbonyl (C=O) groups excluding carboxylic acids is 1. The second kappa shape index (κ2) is 6.93. The van der Waals surface area contributed by atoms with Crippen molar-refractivity contribution in [3.63, 3.8) is 0 Å². The molecule has 1 rings (SSSR count). The Hall–Kier alpha value is -2.04. The van der Waals surface area contributed by atoms with Crippen LogP contribution < -0.4 is 4.74 Å². The molecule has 0 fully saturated rings. The molecule has 0 saturated carbocycles. The van der Waals surface area contributed by atoms with Crippen LogP contribution in [0.3, 0.4) is 0 Å². The predicted octanol–water partition coefficient (Wildman–Crippen LogP) is 2.25. The van der Waals surface area contributed by atoms with Gasteiger partial charge in [-0.2, -0.15) is 0 Å². The molecule has 1 aromatic carbocycles. The van der Waals surface area contributed by atoms with Crippen molar-refractivity contribution in [3.05, 3.63) is 29.8 Å². The van der Waals surface area contributed by atoms with Crippen LogP contribution in [-0.4, -0.2) is 35.5 Å². The Bertz CT molecular complexity index is 457. The maximum Gasteiger partial charge on any atom is 0.334 e. The number of rotatable bonds is 8. The third-order valence-electron chi connectivity index (χ3n) is 3.31. The van der Waals surface area contributed by atoms with E-state index >= 15 is 0 Å². The van der Waals surface area contributed by atoms with E-state index in [4.69, 9.17) is 4.74 Å². The lowest BCUT2D eigenvalue weighted by Gasteiger charge is -2.35. The molecular weight excluding hydrogens is 258 g/mol. The first-order valence-electron chi connectivity index (χ1n) is 6.69. The highest BCUT2D eigenvalue weighted by Gasteiger charge is 2.40. The molecule has 0 heterocycles. The number of amides is 1. The van der Waals surface area contributed by atoms with E-state index in [-0.39, 0.29) is 0 Å². The average molecular weight is 279 g/mol. The van der Waals surface area contributed by atoms with Crippen LogP contribution in [0.5, 0.6) is 5.75 Å². The lowest BCUT2D eigenvalue weighted by atomic mass is 9.90. The van der Waals surface area contributed by atoms with Crippen molar-refractivity contribution in [3.8, 4) is 5.75 Å². The van der Waals surface area contributed by atoms with Gasteiger partial charge in [0.1, 0.15) is 5.75 Å². The van der Waals surface area contributed by atoms with E-state index in [0.717, 1.165) is 0 Å². The number of benzene rings is 1. The zero-order valence-electron chi connectivity index (χ0n) is 12.1. The number of carboxylic acids is 1. The zero-order valence-corrected chi connectivity index (χ0v) is 12.1. The SMILES string of the molecule is CCCN(C=O)C(C)(C(=O)O)c1ccc(OCC)cc1. The summed E-state index contributed by atoms with van der Waals surface area (Å²) in [4.78, 5) is 24.2. The topological polar surface area (TPSA) is 66.8 Å². The van der Waals surface area contributed by atoms with Crippen LogP contribution in [0.4, 0.5) is 0 Å². The number of ether oxygens (including phenoxy) is 1. The van der Waals surface area contributed by atoms with Crippen LogP contribution in [0, 0.1) is 0 Å². The monoisotopic (exact) mass is 279 g/mol. The van der Waals surface area contributed by atoms with E-state index in [1.807, 2.05) is 13.8 Å². The second-order valence-corrected chi connectivity index (χ2v) is 4.63. The minimum Gasteiger partial charge on any atom is -0.494 e. The summed E-state index contributed by atoms with van der Waals surface area (Å²) >= 11 is 0. The smallest absolute Gasteiger partial charge is 0.334 e. The largest absolute Gasteiger partial charge is 0.494 e. The highest BCUT2D eigenvalue weighted by atomic mass is 16.5. The molecule has 1 aromatic rings. The number of carboxylic acid groups (broad SMARTS) is 1. The second-order valence-electron chi connectivity index (χ2n) is 4.63. The molecule has 5 heteroatoms. The Balaban J connectivity index is 3.17. The highest BCUT2D eigenvalue weighted by Crippen LogP contribution is 2.29. The third-order valence-corrected chi connectivity index (χ3v) is 3.31. The van der Waals surface area contributed by atoms with Crippen molar-refractivity contribution in [2.75, 3.05) is 13.2 Å². The molecular formula is C15H21NO4. The van der Waals surface area contributed by atoms with E-state index in [0.29, 0.717) is 37.3 Å². The summed E-state index contributed by atoms with van der Waals surface area (Å²) in [6.07, 6.45) is 1.28. The lowest BCUT2D eigenvalue weighted by Crippen LogP contribution is -2.49. The van der Waals surface area contributed by atoms with Gasteiger partial charge in [-0.05, 0) is 38.0 Å². The van der Waals surface area contributed by atoms with Crippen LogP contribution in [0.2, 0.25) is 0 Å². The van der Waals surface area contributed by atoms with Gasteiger partial charge in [0.05, 0.1) is 6.61 Å². The summed E-state index contributed by atoms with van der Waals surface area (Å²) in [6.45, 7) is 6.25. The van der Waals surface area contributed by atoms with Gasteiger partial charge in [-0.15, -0.1) is 0 Å². The molecule has 0 aliphatic carbocycles. The van der Waals surface area contributed by atoms with Crippen LogP contribution in [0.25, 0.3) is 0 Å². The molecule has 0 saturated heterocycles. The quantitative estimate of drug-likeness (QED) is 0.741. The van der Waals surface area contributed by atoms with Gasteiger partial charge in [-0.1, -0.05) is 19.1 Å². The summed E-state index contributed by atoms with van der Waals surface area (Å²) in [5.41, 5.74) is -0.823. The van der Waals surface area contributed by atoms with Gasteiger partial charge >= 0.3 is 5.97 Å². The Morgan fingerprint density at radius 3 is 2.35 bits per heavy atom. The van der Waals surface area contributed by atoms with Gasteiger partial charge in [-0.3, -0.25) is 4.79 Å². The van der Waals surface area contributed by atoms with Crippen molar-refractivity contribution < 1.29 is 19.4 Å². The number of hydrogen-bond acceptors (Lipinski definition) is 3. The van der Waals surface area contributed by atoms with Gasteiger partial charge < -0.3 is 14.7 Å². The van der Waals surface area contributed by atoms with Crippen LogP contribution in [-0.2, 0) is 15.1 Å². The highest BCUT2D eigenvalue weighted by molar-refractivity contribution is 5.82. The summed E-state index contributed by atoms with van der Waals surface area (Å²) in [6, 6.07) is 6.81. The molecule has 0 aliphatic rings. The zero-order chi connectivity index (χ0) is 15.2. The molecule has 1 unspecified atom stereocenters. The van der Waals surface area contributed by atoms with Crippen molar-refractivity contribution in [2.24, 2.45) is 0 Å². The van der Waals surface area contributed by atoms with Crippen molar-refractivity contribution in [1.82, 2.24) is 4.90 Å². The van der Waals surface area contributed by atoms with Crippen molar-refractivity contribution in [2.45, 2.75) is 32.7 Å². The summed E-state index contributed by atoms with van der Waals surface area (Å²) in [5, 5.41) is 9.55. The number of aliphatic carboxylic acids is 1.